The summed E-state index contributed by atoms with van der Waals surface area (Å²) >= 11 is 5.82. The number of hydrogen-bond donors (Lipinski definition) is 0. The predicted octanol–water partition coefficient (Wildman–Crippen LogP) is 3.78. The van der Waals surface area contributed by atoms with Crippen molar-refractivity contribution in [3.63, 3.8) is 0 Å². The van der Waals surface area contributed by atoms with Crippen molar-refractivity contribution in [1.29, 1.82) is 0 Å². The highest BCUT2D eigenvalue weighted by molar-refractivity contribution is 6.17. The Balaban J connectivity index is 2.70. The van der Waals surface area contributed by atoms with Crippen molar-refractivity contribution in [3.05, 3.63) is 35.4 Å². The Labute approximate surface area is 104 Å². The summed E-state index contributed by atoms with van der Waals surface area (Å²) in [6.07, 6.45) is 1.98. The fourth-order valence-electron chi connectivity index (χ4n) is 1.72. The standard InChI is InChI=1S/C14H21ClO/c1-14(2,9-10-15)13-6-4-12(5-7-13)8-11-16-3/h4-7H,8-11H2,1-3H3. The molecule has 0 radical (unpaired) electrons. The summed E-state index contributed by atoms with van der Waals surface area (Å²) in [7, 11) is 1.73. The molecule has 0 N–H and O–H groups in total. The Morgan fingerprint density at radius 2 is 1.81 bits per heavy atom. The molecule has 0 aromatic heterocycles. The van der Waals surface area contributed by atoms with Gasteiger partial charge in [0.2, 0.25) is 0 Å². The summed E-state index contributed by atoms with van der Waals surface area (Å²) in [6.45, 7) is 5.25. The molecular weight excluding hydrogens is 220 g/mol. The number of halogens is 1. The number of ether oxygens (including phenoxy) is 1. The number of rotatable bonds is 6. The van der Waals surface area contributed by atoms with Gasteiger partial charge < -0.3 is 4.74 Å². The average Bonchev–Trinajstić information content (AvgIpc) is 2.27. The van der Waals surface area contributed by atoms with Gasteiger partial charge in [0, 0.05) is 13.0 Å². The van der Waals surface area contributed by atoms with E-state index in [1.165, 1.54) is 11.1 Å². The van der Waals surface area contributed by atoms with Crippen LogP contribution >= 0.6 is 11.6 Å². The fourth-order valence-corrected chi connectivity index (χ4v) is 2.20. The minimum Gasteiger partial charge on any atom is -0.384 e. The molecule has 0 saturated carbocycles. The lowest BCUT2D eigenvalue weighted by molar-refractivity contribution is 0.202. The molecule has 0 unspecified atom stereocenters. The first-order valence-corrected chi connectivity index (χ1v) is 6.28. The van der Waals surface area contributed by atoms with Gasteiger partial charge in [0.05, 0.1) is 6.61 Å². The van der Waals surface area contributed by atoms with Crippen LogP contribution in [-0.4, -0.2) is 19.6 Å². The minimum absolute atomic E-state index is 0.168. The van der Waals surface area contributed by atoms with Crippen molar-refractivity contribution in [3.8, 4) is 0 Å². The van der Waals surface area contributed by atoms with Gasteiger partial charge in [-0.15, -0.1) is 11.6 Å². The molecule has 0 amide bonds. The number of methoxy groups -OCH3 is 1. The van der Waals surface area contributed by atoms with Gasteiger partial charge in [-0.05, 0) is 29.4 Å². The molecule has 1 aromatic rings. The largest absolute Gasteiger partial charge is 0.384 e. The molecule has 0 atom stereocenters. The second kappa shape index (κ2) is 6.27. The summed E-state index contributed by atoms with van der Waals surface area (Å²) < 4.78 is 5.06. The van der Waals surface area contributed by atoms with Gasteiger partial charge in [-0.25, -0.2) is 0 Å². The van der Waals surface area contributed by atoms with E-state index >= 15 is 0 Å². The van der Waals surface area contributed by atoms with Crippen LogP contribution in [0, 0.1) is 0 Å². The van der Waals surface area contributed by atoms with Crippen LogP contribution in [0.3, 0.4) is 0 Å². The Kier molecular flexibility index (Phi) is 5.30. The van der Waals surface area contributed by atoms with Gasteiger partial charge in [-0.2, -0.15) is 0 Å². The van der Waals surface area contributed by atoms with Crippen LogP contribution in [0.4, 0.5) is 0 Å². The molecule has 0 aliphatic carbocycles. The lowest BCUT2D eigenvalue weighted by Gasteiger charge is -2.24. The van der Waals surface area contributed by atoms with Crippen molar-refractivity contribution in [2.75, 3.05) is 19.6 Å². The summed E-state index contributed by atoms with van der Waals surface area (Å²) in [4.78, 5) is 0. The third kappa shape index (κ3) is 3.80. The number of benzene rings is 1. The van der Waals surface area contributed by atoms with Gasteiger partial charge >= 0.3 is 0 Å². The van der Waals surface area contributed by atoms with E-state index in [0.717, 1.165) is 19.4 Å². The first-order valence-electron chi connectivity index (χ1n) is 5.74. The maximum atomic E-state index is 5.82. The molecule has 1 aromatic carbocycles. The smallest absolute Gasteiger partial charge is 0.0502 e. The van der Waals surface area contributed by atoms with E-state index in [1.807, 2.05) is 0 Å². The lowest BCUT2D eigenvalue weighted by atomic mass is 9.82. The van der Waals surface area contributed by atoms with Gasteiger partial charge in [0.15, 0.2) is 0 Å². The minimum atomic E-state index is 0.168. The van der Waals surface area contributed by atoms with Crippen molar-refractivity contribution in [2.45, 2.75) is 32.1 Å². The van der Waals surface area contributed by atoms with Crippen LogP contribution in [0.15, 0.2) is 24.3 Å². The van der Waals surface area contributed by atoms with Crippen LogP contribution in [0.1, 0.15) is 31.4 Å². The van der Waals surface area contributed by atoms with Crippen LogP contribution in [0.25, 0.3) is 0 Å². The number of hydrogen-bond acceptors (Lipinski definition) is 1. The lowest BCUT2D eigenvalue weighted by Crippen LogP contribution is -2.17. The normalized spacial score (nSPS) is 11.8. The molecule has 1 nitrogen and oxygen atoms in total. The molecule has 0 spiro atoms. The van der Waals surface area contributed by atoms with Crippen LogP contribution < -0.4 is 0 Å². The van der Waals surface area contributed by atoms with Gasteiger partial charge in [0.25, 0.3) is 0 Å². The van der Waals surface area contributed by atoms with Crippen LogP contribution in [-0.2, 0) is 16.6 Å². The highest BCUT2D eigenvalue weighted by atomic mass is 35.5. The van der Waals surface area contributed by atoms with Crippen molar-refractivity contribution in [2.24, 2.45) is 0 Å². The summed E-state index contributed by atoms with van der Waals surface area (Å²) in [5.41, 5.74) is 2.85. The van der Waals surface area contributed by atoms with E-state index in [-0.39, 0.29) is 5.41 Å². The van der Waals surface area contributed by atoms with E-state index in [0.29, 0.717) is 5.88 Å². The Morgan fingerprint density at radius 1 is 1.19 bits per heavy atom. The zero-order valence-corrected chi connectivity index (χ0v) is 11.2. The molecule has 1 rings (SSSR count). The Morgan fingerprint density at radius 3 is 2.31 bits per heavy atom. The molecule has 16 heavy (non-hydrogen) atoms. The topological polar surface area (TPSA) is 9.23 Å². The van der Waals surface area contributed by atoms with E-state index in [9.17, 15) is 0 Å². The Bertz CT molecular complexity index is 303. The SMILES string of the molecule is COCCc1ccc(C(C)(C)CCCl)cc1. The monoisotopic (exact) mass is 240 g/mol. The van der Waals surface area contributed by atoms with Crippen molar-refractivity contribution < 1.29 is 4.74 Å². The summed E-state index contributed by atoms with van der Waals surface area (Å²) in [6, 6.07) is 8.78. The number of alkyl halides is 1. The molecule has 0 saturated heterocycles. The maximum Gasteiger partial charge on any atom is 0.0502 e. The van der Waals surface area contributed by atoms with Crippen molar-refractivity contribution in [1.82, 2.24) is 0 Å². The average molecular weight is 241 g/mol. The van der Waals surface area contributed by atoms with Gasteiger partial charge in [-0.1, -0.05) is 38.1 Å². The first-order chi connectivity index (χ1) is 7.60. The van der Waals surface area contributed by atoms with E-state index in [2.05, 4.69) is 38.1 Å². The first kappa shape index (κ1) is 13.5. The molecule has 0 heterocycles. The maximum absolute atomic E-state index is 5.82. The third-order valence-electron chi connectivity index (χ3n) is 3.05. The van der Waals surface area contributed by atoms with E-state index < -0.39 is 0 Å². The molecule has 0 aliphatic rings. The summed E-state index contributed by atoms with van der Waals surface area (Å²) in [5.74, 6) is 0.707. The zero-order chi connectivity index (χ0) is 12.0. The van der Waals surface area contributed by atoms with Gasteiger partial charge in [-0.3, -0.25) is 0 Å². The van der Waals surface area contributed by atoms with Gasteiger partial charge in [0.1, 0.15) is 0 Å². The highest BCUT2D eigenvalue weighted by Crippen LogP contribution is 2.27. The highest BCUT2D eigenvalue weighted by Gasteiger charge is 2.19. The quantitative estimate of drug-likeness (QED) is 0.688. The fraction of sp³-hybridized carbons (Fsp3) is 0.571. The third-order valence-corrected chi connectivity index (χ3v) is 3.24. The molecule has 0 fully saturated rings. The predicted molar refractivity (Wildman–Crippen MR) is 70.4 cm³/mol. The van der Waals surface area contributed by atoms with E-state index in [1.54, 1.807) is 7.11 Å². The second-order valence-corrected chi connectivity index (χ2v) is 5.14. The van der Waals surface area contributed by atoms with Crippen LogP contribution in [0.2, 0.25) is 0 Å². The molecular formula is C14H21ClO. The molecule has 90 valence electrons. The second-order valence-electron chi connectivity index (χ2n) is 4.76. The molecule has 2 heteroatoms. The van der Waals surface area contributed by atoms with Crippen LogP contribution in [0.5, 0.6) is 0 Å². The zero-order valence-electron chi connectivity index (χ0n) is 10.4. The molecule has 0 aliphatic heterocycles. The Hall–Kier alpha value is -0.530. The van der Waals surface area contributed by atoms with Crippen molar-refractivity contribution >= 4 is 11.6 Å². The van der Waals surface area contributed by atoms with E-state index in [4.69, 9.17) is 16.3 Å². The summed E-state index contributed by atoms with van der Waals surface area (Å²) in [5, 5.41) is 0. The molecule has 0 bridgehead atoms.